The van der Waals surface area contributed by atoms with Gasteiger partial charge in [0, 0.05) is 49.3 Å². The topological polar surface area (TPSA) is 90.0 Å². The number of halogens is 2. The molecule has 0 aromatic heterocycles. The number of nitrogens with zero attached hydrogens (tertiary/aromatic N) is 3. The number of amides is 1. The number of fused-ring (bicyclic) bond motifs is 1. The first kappa shape index (κ1) is 38.4. The van der Waals surface area contributed by atoms with E-state index in [0.717, 1.165) is 16.7 Å². The monoisotopic (exact) mass is 769 g/mol. The highest BCUT2D eigenvalue weighted by atomic mass is 79.9. The number of carbonyl (C=O) groups excluding carboxylic acids is 2. The van der Waals surface area contributed by atoms with Crippen LogP contribution in [0.25, 0.3) is 0 Å². The highest BCUT2D eigenvalue weighted by molar-refractivity contribution is 9.10. The van der Waals surface area contributed by atoms with Crippen LogP contribution >= 0.6 is 15.9 Å². The maximum atomic E-state index is 14.3. The van der Waals surface area contributed by atoms with Gasteiger partial charge in [0.15, 0.2) is 29.6 Å². The quantitative estimate of drug-likeness (QED) is 0.158. The second-order valence-corrected chi connectivity index (χ2v) is 13.4. The van der Waals surface area contributed by atoms with Crippen LogP contribution in [0.4, 0.5) is 4.39 Å². The summed E-state index contributed by atoms with van der Waals surface area (Å²) in [5.74, 6) is 1.70. The molecule has 2 heterocycles. The Bertz CT molecular complexity index is 1650. The van der Waals surface area contributed by atoms with Gasteiger partial charge in [0.05, 0.1) is 39.0 Å². The predicted molar refractivity (Wildman–Crippen MR) is 196 cm³/mol. The van der Waals surface area contributed by atoms with Gasteiger partial charge in [-0.2, -0.15) is 0 Å². The highest BCUT2D eigenvalue weighted by Gasteiger charge is 2.33. The van der Waals surface area contributed by atoms with Crippen molar-refractivity contribution in [3.63, 3.8) is 0 Å². The number of hydrogen-bond donors (Lipinski definition) is 0. The van der Waals surface area contributed by atoms with E-state index in [1.54, 1.807) is 6.07 Å². The van der Waals surface area contributed by atoms with E-state index in [0.29, 0.717) is 112 Å². The highest BCUT2D eigenvalue weighted by Crippen LogP contribution is 2.41. The van der Waals surface area contributed by atoms with Crippen molar-refractivity contribution in [2.24, 2.45) is 0 Å². The molecule has 1 amide bonds. The maximum Gasteiger partial charge on any atom is 0.320 e. The first-order valence-electron chi connectivity index (χ1n) is 17.9. The molecule has 1 fully saturated rings. The SMILES string of the molecule is CCOc1ccc(CC2c3cc(OCC)c(OCC)cc3CCN2C(=O)COC(=O)CN2CCN(Cc3ccc(Br)cc3F)CC2)cc1OCC. The summed E-state index contributed by atoms with van der Waals surface area (Å²) in [6.07, 6.45) is 1.13. The summed E-state index contributed by atoms with van der Waals surface area (Å²) >= 11 is 3.30. The molecule has 1 atom stereocenters. The van der Waals surface area contributed by atoms with Crippen molar-refractivity contribution < 1.29 is 37.7 Å². The van der Waals surface area contributed by atoms with Gasteiger partial charge in [-0.25, -0.2) is 4.39 Å². The molecule has 51 heavy (non-hydrogen) atoms. The third-order valence-electron chi connectivity index (χ3n) is 9.10. The minimum absolute atomic E-state index is 0.0876. The molecule has 2 aliphatic rings. The van der Waals surface area contributed by atoms with Crippen LogP contribution in [0.1, 0.15) is 56.0 Å². The third-order valence-corrected chi connectivity index (χ3v) is 9.60. The van der Waals surface area contributed by atoms with Gasteiger partial charge in [0.2, 0.25) is 0 Å². The molecule has 5 rings (SSSR count). The van der Waals surface area contributed by atoms with E-state index >= 15 is 0 Å². The summed E-state index contributed by atoms with van der Waals surface area (Å²) < 4.78 is 44.2. The van der Waals surface area contributed by atoms with Crippen LogP contribution < -0.4 is 18.9 Å². The van der Waals surface area contributed by atoms with Crippen molar-refractivity contribution in [2.45, 2.75) is 53.1 Å². The van der Waals surface area contributed by atoms with Gasteiger partial charge in [0.25, 0.3) is 5.91 Å². The number of benzene rings is 3. The van der Waals surface area contributed by atoms with Crippen molar-refractivity contribution in [2.75, 3.05) is 72.3 Å². The molecule has 12 heteroatoms. The largest absolute Gasteiger partial charge is 0.490 e. The van der Waals surface area contributed by atoms with Gasteiger partial charge in [-0.15, -0.1) is 0 Å². The smallest absolute Gasteiger partial charge is 0.320 e. The zero-order valence-corrected chi connectivity index (χ0v) is 31.6. The minimum atomic E-state index is -0.447. The lowest BCUT2D eigenvalue weighted by molar-refractivity contribution is -0.154. The summed E-state index contributed by atoms with van der Waals surface area (Å²) in [6.45, 7) is 13.1. The number of carbonyl (C=O) groups is 2. The van der Waals surface area contributed by atoms with E-state index in [4.69, 9.17) is 23.7 Å². The molecule has 3 aromatic carbocycles. The lowest BCUT2D eigenvalue weighted by Crippen LogP contribution is -2.48. The standard InChI is InChI=1S/C39H49BrFN3O7/c1-5-47-34-12-9-27(20-35(34)48-6-2)19-33-31-23-37(50-8-4)36(49-7-3)21-28(31)13-14-44(33)38(45)26-51-39(46)25-43-17-15-42(16-18-43)24-29-10-11-30(40)22-32(29)41/h9-12,20-23,33H,5-8,13-19,24-26H2,1-4H3. The fourth-order valence-corrected chi connectivity index (χ4v) is 6.99. The van der Waals surface area contributed by atoms with E-state index in [1.807, 2.05) is 73.9 Å². The summed E-state index contributed by atoms with van der Waals surface area (Å²) in [4.78, 5) is 32.8. The molecule has 0 saturated carbocycles. The Morgan fingerprint density at radius 2 is 1.39 bits per heavy atom. The van der Waals surface area contributed by atoms with Crippen LogP contribution in [0.2, 0.25) is 0 Å². The van der Waals surface area contributed by atoms with Crippen molar-refractivity contribution in [3.05, 3.63) is 81.1 Å². The van der Waals surface area contributed by atoms with Crippen molar-refractivity contribution in [1.29, 1.82) is 0 Å². The fraction of sp³-hybridized carbons (Fsp3) is 0.487. The van der Waals surface area contributed by atoms with E-state index in [2.05, 4.69) is 20.8 Å². The van der Waals surface area contributed by atoms with Crippen LogP contribution in [-0.4, -0.2) is 98.9 Å². The molecular weight excluding hydrogens is 721 g/mol. The average molecular weight is 771 g/mol. The lowest BCUT2D eigenvalue weighted by Gasteiger charge is -2.38. The second kappa shape index (κ2) is 18.6. The molecule has 0 N–H and O–H groups in total. The zero-order valence-electron chi connectivity index (χ0n) is 30.1. The number of piperazine rings is 1. The summed E-state index contributed by atoms with van der Waals surface area (Å²) in [5.41, 5.74) is 3.68. The fourth-order valence-electron chi connectivity index (χ4n) is 6.66. The van der Waals surface area contributed by atoms with Gasteiger partial charge in [-0.05, 0) is 93.6 Å². The van der Waals surface area contributed by atoms with Gasteiger partial charge >= 0.3 is 5.97 Å². The number of esters is 1. The molecule has 0 bridgehead atoms. The van der Waals surface area contributed by atoms with E-state index in [1.165, 1.54) is 6.07 Å². The molecule has 0 radical (unpaired) electrons. The molecule has 3 aromatic rings. The summed E-state index contributed by atoms with van der Waals surface area (Å²) in [6, 6.07) is 14.7. The minimum Gasteiger partial charge on any atom is -0.490 e. The van der Waals surface area contributed by atoms with E-state index < -0.39 is 5.97 Å². The first-order chi connectivity index (χ1) is 24.7. The van der Waals surface area contributed by atoms with Crippen LogP contribution in [0.5, 0.6) is 23.0 Å². The van der Waals surface area contributed by atoms with Crippen LogP contribution in [0.15, 0.2) is 53.0 Å². The molecule has 0 aliphatic carbocycles. The summed E-state index contributed by atoms with van der Waals surface area (Å²) in [7, 11) is 0. The van der Waals surface area contributed by atoms with Gasteiger partial charge in [-0.1, -0.05) is 28.1 Å². The molecule has 0 spiro atoms. The molecular formula is C39H49BrFN3O7. The number of ether oxygens (including phenoxy) is 5. The van der Waals surface area contributed by atoms with Gasteiger partial charge in [-0.3, -0.25) is 19.4 Å². The van der Waals surface area contributed by atoms with Crippen LogP contribution in [-0.2, 0) is 33.7 Å². The number of rotatable bonds is 16. The third kappa shape index (κ3) is 10.1. The average Bonchev–Trinajstić information content (AvgIpc) is 3.11. The van der Waals surface area contributed by atoms with E-state index in [9.17, 15) is 14.0 Å². The predicted octanol–water partition coefficient (Wildman–Crippen LogP) is 6.21. The Morgan fingerprint density at radius 3 is 2.06 bits per heavy atom. The Morgan fingerprint density at radius 1 is 0.765 bits per heavy atom. The van der Waals surface area contributed by atoms with Crippen molar-refractivity contribution in [1.82, 2.24) is 14.7 Å². The summed E-state index contributed by atoms with van der Waals surface area (Å²) in [5, 5.41) is 0. The Kier molecular flexibility index (Phi) is 14.0. The normalized spacial score (nSPS) is 16.4. The first-order valence-corrected chi connectivity index (χ1v) is 18.7. The van der Waals surface area contributed by atoms with Crippen LogP contribution in [0, 0.1) is 5.82 Å². The molecule has 2 aliphatic heterocycles. The Labute approximate surface area is 308 Å². The van der Waals surface area contributed by atoms with Gasteiger partial charge in [0.1, 0.15) is 5.82 Å². The second-order valence-electron chi connectivity index (χ2n) is 12.5. The van der Waals surface area contributed by atoms with Crippen molar-refractivity contribution in [3.8, 4) is 23.0 Å². The molecule has 10 nitrogen and oxygen atoms in total. The van der Waals surface area contributed by atoms with Crippen LogP contribution in [0.3, 0.4) is 0 Å². The Balaban J connectivity index is 1.26. The van der Waals surface area contributed by atoms with E-state index in [-0.39, 0.29) is 30.9 Å². The Hall–Kier alpha value is -3.87. The lowest BCUT2D eigenvalue weighted by atomic mass is 9.88. The molecule has 1 saturated heterocycles. The zero-order chi connectivity index (χ0) is 36.3. The molecule has 276 valence electrons. The number of hydrogen-bond acceptors (Lipinski definition) is 9. The van der Waals surface area contributed by atoms with Crippen molar-refractivity contribution >= 4 is 27.8 Å². The van der Waals surface area contributed by atoms with Gasteiger partial charge < -0.3 is 28.6 Å². The maximum absolute atomic E-state index is 14.3. The molecule has 1 unspecified atom stereocenters.